The van der Waals surface area contributed by atoms with Crippen LogP contribution < -0.4 is 4.90 Å². The fourth-order valence-electron chi connectivity index (χ4n) is 1.61. The van der Waals surface area contributed by atoms with Crippen molar-refractivity contribution in [1.29, 1.82) is 0 Å². The van der Waals surface area contributed by atoms with Crippen LogP contribution in [0.3, 0.4) is 0 Å². The molecule has 0 aromatic heterocycles. The van der Waals surface area contributed by atoms with Crippen molar-refractivity contribution < 1.29 is 0 Å². The number of alkyl halides is 1. The number of nitrogens with zero attached hydrogens (tertiary/aromatic N) is 1. The zero-order chi connectivity index (χ0) is 10.6. The summed E-state index contributed by atoms with van der Waals surface area (Å²) in [7, 11) is 2.12. The van der Waals surface area contributed by atoms with Crippen LogP contribution in [0.4, 0.5) is 5.69 Å². The van der Waals surface area contributed by atoms with E-state index in [2.05, 4.69) is 50.1 Å². The highest BCUT2D eigenvalue weighted by atomic mass is 35.5. The molecule has 1 aromatic carbocycles. The first-order chi connectivity index (χ1) is 6.65. The fourth-order valence-corrected chi connectivity index (χ4v) is 1.70. The van der Waals surface area contributed by atoms with E-state index < -0.39 is 0 Å². The average molecular weight is 212 g/mol. The Hall–Kier alpha value is -0.690. The van der Waals surface area contributed by atoms with Crippen LogP contribution in [0.15, 0.2) is 24.3 Å². The van der Waals surface area contributed by atoms with Gasteiger partial charge in [-0.3, -0.25) is 0 Å². The minimum absolute atomic E-state index is 0.529. The van der Waals surface area contributed by atoms with Gasteiger partial charge in [-0.25, -0.2) is 0 Å². The summed E-state index contributed by atoms with van der Waals surface area (Å²) < 4.78 is 0. The lowest BCUT2D eigenvalue weighted by molar-refractivity contribution is 0.644. The van der Waals surface area contributed by atoms with Gasteiger partial charge in [-0.2, -0.15) is 0 Å². The van der Waals surface area contributed by atoms with Crippen molar-refractivity contribution in [3.05, 3.63) is 29.8 Å². The number of rotatable bonds is 4. The lowest BCUT2D eigenvalue weighted by Crippen LogP contribution is -2.25. The van der Waals surface area contributed by atoms with Gasteiger partial charge >= 0.3 is 0 Å². The summed E-state index contributed by atoms with van der Waals surface area (Å²) in [6.45, 7) is 5.31. The van der Waals surface area contributed by atoms with Crippen molar-refractivity contribution in [3.63, 3.8) is 0 Å². The predicted octanol–water partition coefficient (Wildman–Crippen LogP) is 3.31. The van der Waals surface area contributed by atoms with Gasteiger partial charge < -0.3 is 4.90 Å². The molecule has 0 aliphatic carbocycles. The molecule has 1 aromatic rings. The molecule has 0 N–H and O–H groups in total. The van der Waals surface area contributed by atoms with Crippen LogP contribution in [0.1, 0.15) is 12.5 Å². The maximum absolute atomic E-state index is 5.80. The van der Waals surface area contributed by atoms with Crippen LogP contribution in [-0.2, 0) is 0 Å². The molecular formula is C12H18ClN. The summed E-state index contributed by atoms with van der Waals surface area (Å²) in [6.07, 6.45) is 0. The number of halogens is 1. The Morgan fingerprint density at radius 1 is 1.36 bits per heavy atom. The van der Waals surface area contributed by atoms with E-state index in [-0.39, 0.29) is 0 Å². The lowest BCUT2D eigenvalue weighted by atomic mass is 10.1. The molecule has 0 radical (unpaired) electrons. The normalized spacial score (nSPS) is 12.6. The summed E-state index contributed by atoms with van der Waals surface area (Å²) in [4.78, 5) is 2.27. The molecule has 0 spiro atoms. The number of hydrogen-bond acceptors (Lipinski definition) is 1. The third-order valence-electron chi connectivity index (χ3n) is 2.38. The third-order valence-corrected chi connectivity index (χ3v) is 2.90. The van der Waals surface area contributed by atoms with Gasteiger partial charge in [0.25, 0.3) is 0 Å². The van der Waals surface area contributed by atoms with Crippen molar-refractivity contribution in [2.24, 2.45) is 5.92 Å². The Labute approximate surface area is 91.7 Å². The average Bonchev–Trinajstić information content (AvgIpc) is 2.18. The van der Waals surface area contributed by atoms with E-state index in [1.165, 1.54) is 11.3 Å². The second kappa shape index (κ2) is 5.26. The summed E-state index contributed by atoms with van der Waals surface area (Å²) in [5.41, 5.74) is 2.61. The van der Waals surface area contributed by atoms with Crippen LogP contribution in [0, 0.1) is 12.8 Å². The fraction of sp³-hybridized carbons (Fsp3) is 0.500. The van der Waals surface area contributed by atoms with Gasteiger partial charge in [0.1, 0.15) is 0 Å². The van der Waals surface area contributed by atoms with Crippen molar-refractivity contribution in [1.82, 2.24) is 0 Å². The zero-order valence-corrected chi connectivity index (χ0v) is 9.88. The highest BCUT2D eigenvalue weighted by molar-refractivity contribution is 6.18. The van der Waals surface area contributed by atoms with E-state index >= 15 is 0 Å². The van der Waals surface area contributed by atoms with E-state index in [1.54, 1.807) is 0 Å². The molecule has 0 heterocycles. The quantitative estimate of drug-likeness (QED) is 0.691. The van der Waals surface area contributed by atoms with Gasteiger partial charge in [-0.1, -0.05) is 25.1 Å². The molecule has 0 bridgehead atoms. The van der Waals surface area contributed by atoms with Crippen LogP contribution in [-0.4, -0.2) is 19.5 Å². The SMILES string of the molecule is Cc1ccccc1N(C)CC(C)CCl. The minimum Gasteiger partial charge on any atom is -0.374 e. The molecule has 1 rings (SSSR count). The molecule has 0 amide bonds. The number of para-hydroxylation sites is 1. The van der Waals surface area contributed by atoms with Gasteiger partial charge in [-0.05, 0) is 24.5 Å². The number of hydrogen-bond donors (Lipinski definition) is 0. The molecule has 14 heavy (non-hydrogen) atoms. The van der Waals surface area contributed by atoms with Gasteiger partial charge in [0, 0.05) is 25.2 Å². The molecule has 78 valence electrons. The second-order valence-electron chi connectivity index (χ2n) is 3.93. The molecule has 1 atom stereocenters. The maximum atomic E-state index is 5.80. The molecule has 1 nitrogen and oxygen atoms in total. The first kappa shape index (κ1) is 11.4. The van der Waals surface area contributed by atoms with E-state index in [9.17, 15) is 0 Å². The van der Waals surface area contributed by atoms with Crippen LogP contribution in [0.25, 0.3) is 0 Å². The van der Waals surface area contributed by atoms with Gasteiger partial charge in [0.15, 0.2) is 0 Å². The topological polar surface area (TPSA) is 3.24 Å². The first-order valence-electron chi connectivity index (χ1n) is 4.98. The first-order valence-corrected chi connectivity index (χ1v) is 5.51. The molecule has 0 saturated heterocycles. The lowest BCUT2D eigenvalue weighted by Gasteiger charge is -2.23. The standard InChI is InChI=1S/C12H18ClN/c1-10(8-13)9-14(3)12-7-5-4-6-11(12)2/h4-7,10H,8-9H2,1-3H3. The van der Waals surface area contributed by atoms with E-state index in [0.717, 1.165) is 12.4 Å². The highest BCUT2D eigenvalue weighted by Gasteiger charge is 2.07. The van der Waals surface area contributed by atoms with E-state index in [1.807, 2.05) is 0 Å². The number of anilines is 1. The van der Waals surface area contributed by atoms with Crippen LogP contribution in [0.2, 0.25) is 0 Å². The largest absolute Gasteiger partial charge is 0.374 e. The Morgan fingerprint density at radius 2 is 2.00 bits per heavy atom. The second-order valence-corrected chi connectivity index (χ2v) is 4.24. The van der Waals surface area contributed by atoms with Gasteiger partial charge in [-0.15, -0.1) is 11.6 Å². The van der Waals surface area contributed by atoms with Crippen molar-refractivity contribution >= 4 is 17.3 Å². The summed E-state index contributed by atoms with van der Waals surface area (Å²) in [5, 5.41) is 0. The molecule has 1 unspecified atom stereocenters. The summed E-state index contributed by atoms with van der Waals surface area (Å²) >= 11 is 5.80. The Morgan fingerprint density at radius 3 is 2.57 bits per heavy atom. The molecular weight excluding hydrogens is 194 g/mol. The Bertz CT molecular complexity index is 285. The molecule has 0 aliphatic heterocycles. The predicted molar refractivity (Wildman–Crippen MR) is 64.3 cm³/mol. The van der Waals surface area contributed by atoms with Crippen LogP contribution >= 0.6 is 11.6 Å². The Balaban J connectivity index is 2.69. The Kier molecular flexibility index (Phi) is 4.27. The third kappa shape index (κ3) is 2.91. The van der Waals surface area contributed by atoms with Crippen molar-refractivity contribution in [3.8, 4) is 0 Å². The van der Waals surface area contributed by atoms with Gasteiger partial charge in [0.05, 0.1) is 0 Å². The van der Waals surface area contributed by atoms with Crippen molar-refractivity contribution in [2.75, 3.05) is 24.4 Å². The molecule has 2 heteroatoms. The van der Waals surface area contributed by atoms with Crippen LogP contribution in [0.5, 0.6) is 0 Å². The minimum atomic E-state index is 0.529. The van der Waals surface area contributed by atoms with Gasteiger partial charge in [0.2, 0.25) is 0 Å². The molecule has 0 saturated carbocycles. The maximum Gasteiger partial charge on any atom is 0.0393 e. The number of aryl methyl sites for hydroxylation is 1. The summed E-state index contributed by atoms with van der Waals surface area (Å²) in [5.74, 6) is 1.25. The van der Waals surface area contributed by atoms with Crippen molar-refractivity contribution in [2.45, 2.75) is 13.8 Å². The molecule has 0 aliphatic rings. The highest BCUT2D eigenvalue weighted by Crippen LogP contribution is 2.18. The monoisotopic (exact) mass is 211 g/mol. The van der Waals surface area contributed by atoms with E-state index in [4.69, 9.17) is 11.6 Å². The summed E-state index contributed by atoms with van der Waals surface area (Å²) in [6, 6.07) is 8.43. The number of benzene rings is 1. The zero-order valence-electron chi connectivity index (χ0n) is 9.13. The van der Waals surface area contributed by atoms with E-state index in [0.29, 0.717) is 5.92 Å². The smallest absolute Gasteiger partial charge is 0.0393 e. The molecule has 0 fully saturated rings.